The topological polar surface area (TPSA) is 70.1 Å². The maximum absolute atomic E-state index is 11.5. The number of hydrogen-bond donors (Lipinski definition) is 1. The largest absolute Gasteiger partial charge is 0.341 e. The summed E-state index contributed by atoms with van der Waals surface area (Å²) in [7, 11) is 0. The van der Waals surface area contributed by atoms with Crippen LogP contribution in [-0.4, -0.2) is 29.9 Å². The monoisotopic (exact) mass is 183 g/mol. The molecule has 4 nitrogen and oxygen atoms in total. The Kier molecular flexibility index (Phi) is 5.90. The second-order valence-electron chi connectivity index (χ2n) is 2.84. The van der Waals surface area contributed by atoms with E-state index in [1.165, 1.54) is 0 Å². The van der Waals surface area contributed by atoms with E-state index in [1.54, 1.807) is 4.90 Å². The molecular formula is C9H17N3O. The first-order valence-corrected chi connectivity index (χ1v) is 4.58. The van der Waals surface area contributed by atoms with Crippen molar-refractivity contribution in [3.8, 4) is 6.07 Å². The number of carbonyl (C=O) groups is 1. The van der Waals surface area contributed by atoms with Gasteiger partial charge in [0.25, 0.3) is 0 Å². The van der Waals surface area contributed by atoms with Crippen molar-refractivity contribution in [2.75, 3.05) is 13.1 Å². The first-order chi connectivity index (χ1) is 6.17. The maximum atomic E-state index is 11.5. The highest BCUT2D eigenvalue weighted by Gasteiger charge is 2.17. The fraction of sp³-hybridized carbons (Fsp3) is 0.778. The molecule has 0 aliphatic heterocycles. The Hall–Kier alpha value is -1.08. The maximum Gasteiger partial charge on any atom is 0.239 e. The van der Waals surface area contributed by atoms with Gasteiger partial charge in [-0.15, -0.1) is 0 Å². The highest BCUT2D eigenvalue weighted by molar-refractivity contribution is 5.81. The standard InChI is InChI=1S/C9H17N3O/c1-3-8(11)9(13)12(4-2)7-5-6-10/h8H,3-5,7,11H2,1-2H3/t8-/m0/s1. The summed E-state index contributed by atoms with van der Waals surface area (Å²) >= 11 is 0. The van der Waals surface area contributed by atoms with Crippen molar-refractivity contribution >= 4 is 5.91 Å². The van der Waals surface area contributed by atoms with Gasteiger partial charge in [0.05, 0.1) is 18.5 Å². The Bertz CT molecular complexity index is 198. The lowest BCUT2D eigenvalue weighted by Gasteiger charge is -2.22. The number of carbonyl (C=O) groups excluding carboxylic acids is 1. The molecule has 74 valence electrons. The molecule has 0 rings (SSSR count). The normalized spacial score (nSPS) is 11.8. The van der Waals surface area contributed by atoms with Gasteiger partial charge in [-0.3, -0.25) is 4.79 Å². The van der Waals surface area contributed by atoms with Crippen LogP contribution in [0.1, 0.15) is 26.7 Å². The first kappa shape index (κ1) is 11.9. The lowest BCUT2D eigenvalue weighted by Crippen LogP contribution is -2.43. The molecule has 13 heavy (non-hydrogen) atoms. The van der Waals surface area contributed by atoms with Gasteiger partial charge < -0.3 is 10.6 Å². The minimum atomic E-state index is -0.418. The Morgan fingerprint density at radius 1 is 1.62 bits per heavy atom. The zero-order valence-electron chi connectivity index (χ0n) is 8.29. The number of nitrogens with zero attached hydrogens (tertiary/aromatic N) is 2. The van der Waals surface area contributed by atoms with E-state index in [2.05, 4.69) is 0 Å². The zero-order chi connectivity index (χ0) is 10.3. The van der Waals surface area contributed by atoms with E-state index in [4.69, 9.17) is 11.0 Å². The quantitative estimate of drug-likeness (QED) is 0.674. The van der Waals surface area contributed by atoms with Crippen molar-refractivity contribution in [2.45, 2.75) is 32.7 Å². The van der Waals surface area contributed by atoms with E-state index >= 15 is 0 Å². The average molecular weight is 183 g/mol. The smallest absolute Gasteiger partial charge is 0.239 e. The van der Waals surface area contributed by atoms with Crippen molar-refractivity contribution in [1.29, 1.82) is 5.26 Å². The third kappa shape index (κ3) is 3.90. The van der Waals surface area contributed by atoms with Gasteiger partial charge in [-0.2, -0.15) is 5.26 Å². The van der Waals surface area contributed by atoms with Crippen LogP contribution in [0.2, 0.25) is 0 Å². The second kappa shape index (κ2) is 6.44. The summed E-state index contributed by atoms with van der Waals surface area (Å²) in [5.74, 6) is -0.0553. The highest BCUT2D eigenvalue weighted by Crippen LogP contribution is 1.97. The molecule has 4 heteroatoms. The van der Waals surface area contributed by atoms with Crippen LogP contribution in [0.5, 0.6) is 0 Å². The van der Waals surface area contributed by atoms with Gasteiger partial charge >= 0.3 is 0 Å². The van der Waals surface area contributed by atoms with Crippen LogP contribution < -0.4 is 5.73 Å². The van der Waals surface area contributed by atoms with E-state index in [0.717, 1.165) is 0 Å². The van der Waals surface area contributed by atoms with E-state index in [0.29, 0.717) is 25.9 Å². The van der Waals surface area contributed by atoms with Crippen LogP contribution in [0.4, 0.5) is 0 Å². The Balaban J connectivity index is 4.08. The second-order valence-corrected chi connectivity index (χ2v) is 2.84. The minimum Gasteiger partial charge on any atom is -0.341 e. The summed E-state index contributed by atoms with van der Waals surface area (Å²) < 4.78 is 0. The number of hydrogen-bond acceptors (Lipinski definition) is 3. The molecule has 0 aliphatic rings. The molecule has 0 bridgehead atoms. The molecule has 0 aromatic heterocycles. The molecule has 0 radical (unpaired) electrons. The molecule has 2 N–H and O–H groups in total. The minimum absolute atomic E-state index is 0.0553. The summed E-state index contributed by atoms with van der Waals surface area (Å²) in [6, 6.07) is 1.59. The number of amides is 1. The van der Waals surface area contributed by atoms with E-state index in [9.17, 15) is 4.79 Å². The van der Waals surface area contributed by atoms with Gasteiger partial charge in [-0.05, 0) is 13.3 Å². The predicted octanol–water partition coefficient (Wildman–Crippen LogP) is 0.486. The van der Waals surface area contributed by atoms with Crippen LogP contribution >= 0.6 is 0 Å². The summed E-state index contributed by atoms with van der Waals surface area (Å²) in [5.41, 5.74) is 5.59. The summed E-state index contributed by atoms with van der Waals surface area (Å²) in [6.07, 6.45) is 1.01. The molecule has 0 fully saturated rings. The van der Waals surface area contributed by atoms with E-state index in [1.807, 2.05) is 19.9 Å². The van der Waals surface area contributed by atoms with Crippen LogP contribution in [0.25, 0.3) is 0 Å². The van der Waals surface area contributed by atoms with E-state index in [-0.39, 0.29) is 5.91 Å². The number of likely N-dealkylation sites (N-methyl/N-ethyl adjacent to an activating group) is 1. The number of nitriles is 1. The molecule has 0 saturated heterocycles. The Morgan fingerprint density at radius 2 is 2.23 bits per heavy atom. The van der Waals surface area contributed by atoms with Crippen LogP contribution in [-0.2, 0) is 4.79 Å². The third-order valence-corrected chi connectivity index (χ3v) is 1.94. The molecule has 0 saturated carbocycles. The van der Waals surface area contributed by atoms with Gasteiger partial charge in [0, 0.05) is 13.1 Å². The van der Waals surface area contributed by atoms with Crippen LogP contribution in [0.15, 0.2) is 0 Å². The highest BCUT2D eigenvalue weighted by atomic mass is 16.2. The predicted molar refractivity (Wildman–Crippen MR) is 50.8 cm³/mol. The van der Waals surface area contributed by atoms with Gasteiger partial charge in [0.15, 0.2) is 0 Å². The van der Waals surface area contributed by atoms with Crippen LogP contribution in [0, 0.1) is 11.3 Å². The summed E-state index contributed by atoms with van der Waals surface area (Å²) in [4.78, 5) is 13.1. The zero-order valence-corrected chi connectivity index (χ0v) is 8.29. The molecule has 0 aromatic carbocycles. The molecule has 1 amide bonds. The average Bonchev–Trinajstić information content (AvgIpc) is 2.17. The summed E-state index contributed by atoms with van der Waals surface area (Å²) in [6.45, 7) is 4.87. The van der Waals surface area contributed by atoms with Crippen molar-refractivity contribution in [1.82, 2.24) is 4.90 Å². The lowest BCUT2D eigenvalue weighted by molar-refractivity contribution is -0.132. The van der Waals surface area contributed by atoms with Gasteiger partial charge in [-0.25, -0.2) is 0 Å². The Labute approximate surface area is 79.3 Å². The SMILES string of the molecule is CC[C@H](N)C(=O)N(CC)CCC#N. The van der Waals surface area contributed by atoms with E-state index < -0.39 is 6.04 Å². The van der Waals surface area contributed by atoms with Crippen molar-refractivity contribution in [3.05, 3.63) is 0 Å². The molecular weight excluding hydrogens is 166 g/mol. The van der Waals surface area contributed by atoms with Gasteiger partial charge in [0.1, 0.15) is 0 Å². The first-order valence-electron chi connectivity index (χ1n) is 4.58. The molecule has 0 aromatic rings. The number of nitrogens with two attached hydrogens (primary N) is 1. The van der Waals surface area contributed by atoms with Gasteiger partial charge in [0.2, 0.25) is 5.91 Å². The number of rotatable bonds is 5. The molecule has 0 heterocycles. The van der Waals surface area contributed by atoms with Crippen molar-refractivity contribution < 1.29 is 4.79 Å². The van der Waals surface area contributed by atoms with Gasteiger partial charge in [-0.1, -0.05) is 6.92 Å². The molecule has 0 spiro atoms. The third-order valence-electron chi connectivity index (χ3n) is 1.94. The fourth-order valence-corrected chi connectivity index (χ4v) is 1.02. The fourth-order valence-electron chi connectivity index (χ4n) is 1.02. The Morgan fingerprint density at radius 3 is 2.62 bits per heavy atom. The summed E-state index contributed by atoms with van der Waals surface area (Å²) in [5, 5.41) is 8.37. The molecule has 1 atom stereocenters. The molecule has 0 unspecified atom stereocenters. The lowest BCUT2D eigenvalue weighted by atomic mass is 10.2. The van der Waals surface area contributed by atoms with Crippen molar-refractivity contribution in [3.63, 3.8) is 0 Å². The van der Waals surface area contributed by atoms with Crippen LogP contribution in [0.3, 0.4) is 0 Å². The molecule has 0 aliphatic carbocycles. The van der Waals surface area contributed by atoms with Crippen molar-refractivity contribution in [2.24, 2.45) is 5.73 Å².